The Hall–Kier alpha value is -1.12. The fourth-order valence-electron chi connectivity index (χ4n) is 2.08. The van der Waals surface area contributed by atoms with Crippen LogP contribution in [0.2, 0.25) is 0 Å². The quantitative estimate of drug-likeness (QED) is 0.519. The van der Waals surface area contributed by atoms with E-state index in [4.69, 9.17) is 4.52 Å². The summed E-state index contributed by atoms with van der Waals surface area (Å²) < 4.78 is 18.8. The van der Waals surface area contributed by atoms with Gasteiger partial charge in [0.2, 0.25) is 13.3 Å². The van der Waals surface area contributed by atoms with Gasteiger partial charge in [-0.15, -0.1) is 0 Å². The Bertz CT molecular complexity index is 472. The van der Waals surface area contributed by atoms with Crippen LogP contribution < -0.4 is 5.30 Å². The first-order chi connectivity index (χ1) is 10.1. The van der Waals surface area contributed by atoms with Crippen LogP contribution in [-0.4, -0.2) is 36.7 Å². The molecular formula is C16H26NO3P. The second-order valence-corrected chi connectivity index (χ2v) is 7.36. The lowest BCUT2D eigenvalue weighted by atomic mass is 10.4. The fraction of sp³-hybridized carbons (Fsp3) is 0.562. The summed E-state index contributed by atoms with van der Waals surface area (Å²) in [7, 11) is -3.13. The van der Waals surface area contributed by atoms with Gasteiger partial charge in [0.25, 0.3) is 0 Å². The zero-order valence-corrected chi connectivity index (χ0v) is 14.1. The van der Waals surface area contributed by atoms with Crippen molar-refractivity contribution >= 4 is 18.6 Å². The average molecular weight is 311 g/mol. The van der Waals surface area contributed by atoms with Crippen molar-refractivity contribution in [2.45, 2.75) is 33.6 Å². The Kier molecular flexibility index (Phi) is 7.69. The van der Waals surface area contributed by atoms with E-state index in [1.165, 1.54) is 0 Å². The van der Waals surface area contributed by atoms with Gasteiger partial charge in [-0.2, -0.15) is 0 Å². The highest BCUT2D eigenvalue weighted by atomic mass is 31.2. The smallest absolute Gasteiger partial charge is 0.241 e. The molecule has 0 aliphatic rings. The molecule has 0 aliphatic heterocycles. The van der Waals surface area contributed by atoms with Gasteiger partial charge in [0.1, 0.15) is 6.16 Å². The first kappa shape index (κ1) is 17.9. The zero-order chi connectivity index (χ0) is 15.7. The summed E-state index contributed by atoms with van der Waals surface area (Å²) in [6, 6.07) is 9.08. The lowest BCUT2D eigenvalue weighted by molar-refractivity contribution is -0.128. The van der Waals surface area contributed by atoms with Gasteiger partial charge in [0.15, 0.2) is 0 Å². The molecule has 0 saturated carbocycles. The van der Waals surface area contributed by atoms with Crippen molar-refractivity contribution in [3.63, 3.8) is 0 Å². The van der Waals surface area contributed by atoms with Crippen LogP contribution in [0.4, 0.5) is 0 Å². The Morgan fingerprint density at radius 2 is 1.76 bits per heavy atom. The van der Waals surface area contributed by atoms with E-state index in [-0.39, 0.29) is 12.1 Å². The van der Waals surface area contributed by atoms with Crippen molar-refractivity contribution in [3.8, 4) is 0 Å². The molecule has 1 rings (SSSR count). The van der Waals surface area contributed by atoms with E-state index < -0.39 is 7.37 Å². The van der Waals surface area contributed by atoms with Gasteiger partial charge in [-0.25, -0.2) is 0 Å². The van der Waals surface area contributed by atoms with Gasteiger partial charge in [-0.05, 0) is 32.4 Å². The minimum Gasteiger partial charge on any atom is -0.343 e. The highest BCUT2D eigenvalue weighted by molar-refractivity contribution is 7.67. The van der Waals surface area contributed by atoms with E-state index >= 15 is 0 Å². The molecule has 0 N–H and O–H groups in total. The number of carbonyl (C=O) groups excluding carboxylic acids is 1. The van der Waals surface area contributed by atoms with E-state index in [1.54, 1.807) is 17.0 Å². The summed E-state index contributed by atoms with van der Waals surface area (Å²) in [6.45, 7) is 7.57. The largest absolute Gasteiger partial charge is 0.343 e. The van der Waals surface area contributed by atoms with Crippen LogP contribution in [0.1, 0.15) is 33.6 Å². The predicted molar refractivity (Wildman–Crippen MR) is 87.3 cm³/mol. The molecule has 0 aliphatic carbocycles. The van der Waals surface area contributed by atoms with E-state index in [0.29, 0.717) is 25.0 Å². The van der Waals surface area contributed by atoms with Gasteiger partial charge in [-0.1, -0.05) is 31.5 Å². The Labute approximate surface area is 127 Å². The minimum atomic E-state index is -3.13. The molecule has 1 atom stereocenters. The zero-order valence-electron chi connectivity index (χ0n) is 13.2. The molecule has 1 unspecified atom stereocenters. The van der Waals surface area contributed by atoms with Gasteiger partial charge >= 0.3 is 0 Å². The highest BCUT2D eigenvalue weighted by Crippen LogP contribution is 2.45. The lowest BCUT2D eigenvalue weighted by Gasteiger charge is -2.23. The highest BCUT2D eigenvalue weighted by Gasteiger charge is 2.30. The van der Waals surface area contributed by atoms with Crippen LogP contribution >= 0.6 is 7.37 Å². The Morgan fingerprint density at radius 1 is 1.14 bits per heavy atom. The molecule has 1 aromatic carbocycles. The van der Waals surface area contributed by atoms with Crippen molar-refractivity contribution in [2.24, 2.45) is 0 Å². The summed E-state index contributed by atoms with van der Waals surface area (Å²) in [5.74, 6) is -0.108. The summed E-state index contributed by atoms with van der Waals surface area (Å²) in [4.78, 5) is 14.0. The molecule has 4 nitrogen and oxygen atoms in total. The predicted octanol–water partition coefficient (Wildman–Crippen LogP) is 3.28. The maximum atomic E-state index is 13.2. The molecule has 0 bridgehead atoms. The van der Waals surface area contributed by atoms with Crippen molar-refractivity contribution in [1.82, 2.24) is 4.90 Å². The van der Waals surface area contributed by atoms with Gasteiger partial charge in [0.05, 0.1) is 6.61 Å². The minimum absolute atomic E-state index is 0.0532. The molecule has 0 aromatic heterocycles. The summed E-state index contributed by atoms with van der Waals surface area (Å²) in [5, 5.41) is 0.626. The maximum absolute atomic E-state index is 13.2. The standard InChI is InChI=1S/C16H26NO3P/c1-4-7-13-20-21(19,15-11-9-8-10-12-15)14-16(18)17(5-2)6-3/h8-12H,4-7,13-14H2,1-3H3. The number of rotatable bonds is 9. The number of benzene rings is 1. The van der Waals surface area contributed by atoms with Gasteiger partial charge in [-0.3, -0.25) is 9.36 Å². The number of unbranched alkanes of at least 4 members (excludes halogenated alkanes) is 1. The summed E-state index contributed by atoms with van der Waals surface area (Å²) >= 11 is 0. The molecule has 0 spiro atoms. The topological polar surface area (TPSA) is 46.6 Å². The first-order valence-corrected chi connectivity index (χ1v) is 9.45. The monoisotopic (exact) mass is 311 g/mol. The normalized spacial score (nSPS) is 13.7. The van der Waals surface area contributed by atoms with Crippen LogP contribution in [-0.2, 0) is 13.9 Å². The molecule has 1 amide bonds. The molecular weight excluding hydrogens is 285 g/mol. The van der Waals surface area contributed by atoms with Crippen molar-refractivity contribution in [2.75, 3.05) is 25.9 Å². The van der Waals surface area contributed by atoms with Gasteiger partial charge in [0, 0.05) is 18.4 Å². The van der Waals surface area contributed by atoms with E-state index in [9.17, 15) is 9.36 Å². The van der Waals surface area contributed by atoms with Crippen LogP contribution in [0, 0.1) is 0 Å². The third-order valence-corrected chi connectivity index (χ3v) is 5.78. The summed E-state index contributed by atoms with van der Waals surface area (Å²) in [6.07, 6.45) is 1.76. The number of hydrogen-bond acceptors (Lipinski definition) is 3. The third-order valence-electron chi connectivity index (χ3n) is 3.41. The molecule has 21 heavy (non-hydrogen) atoms. The second kappa shape index (κ2) is 9.01. The van der Waals surface area contributed by atoms with Crippen LogP contribution in [0.3, 0.4) is 0 Å². The van der Waals surface area contributed by atoms with Crippen molar-refractivity contribution in [1.29, 1.82) is 0 Å². The SMILES string of the molecule is CCCCOP(=O)(CC(=O)N(CC)CC)c1ccccc1. The molecule has 0 radical (unpaired) electrons. The van der Waals surface area contributed by atoms with Crippen LogP contribution in [0.15, 0.2) is 30.3 Å². The fourth-order valence-corrected chi connectivity index (χ4v) is 4.11. The molecule has 5 heteroatoms. The van der Waals surface area contributed by atoms with Crippen molar-refractivity contribution in [3.05, 3.63) is 30.3 Å². The van der Waals surface area contributed by atoms with E-state index in [2.05, 4.69) is 6.92 Å². The Morgan fingerprint density at radius 3 is 2.29 bits per heavy atom. The van der Waals surface area contributed by atoms with E-state index in [1.807, 2.05) is 32.0 Å². The molecule has 1 aromatic rings. The molecule has 0 fully saturated rings. The molecule has 0 heterocycles. The first-order valence-electron chi connectivity index (χ1n) is 7.64. The summed E-state index contributed by atoms with van der Waals surface area (Å²) in [5.41, 5.74) is 0. The van der Waals surface area contributed by atoms with E-state index in [0.717, 1.165) is 12.8 Å². The van der Waals surface area contributed by atoms with Gasteiger partial charge < -0.3 is 9.42 Å². The Balaban J connectivity index is 2.92. The number of carbonyl (C=O) groups is 1. The third kappa shape index (κ3) is 5.29. The van der Waals surface area contributed by atoms with Crippen molar-refractivity contribution < 1.29 is 13.9 Å². The lowest BCUT2D eigenvalue weighted by Crippen LogP contribution is -2.34. The molecule has 118 valence electrons. The van der Waals surface area contributed by atoms with Crippen LogP contribution in [0.5, 0.6) is 0 Å². The number of nitrogens with zero attached hydrogens (tertiary/aromatic N) is 1. The molecule has 0 saturated heterocycles. The second-order valence-electron chi connectivity index (χ2n) is 4.92. The average Bonchev–Trinajstić information content (AvgIpc) is 2.49. The number of amides is 1. The van der Waals surface area contributed by atoms with Crippen LogP contribution in [0.25, 0.3) is 0 Å². The number of hydrogen-bond donors (Lipinski definition) is 0. The maximum Gasteiger partial charge on any atom is 0.241 e.